The molecule has 29 heavy (non-hydrogen) atoms. The molecule has 0 unspecified atom stereocenters. The van der Waals surface area contributed by atoms with Crippen molar-refractivity contribution in [3.8, 4) is 17.2 Å². The zero-order valence-corrected chi connectivity index (χ0v) is 19.2. The van der Waals surface area contributed by atoms with Gasteiger partial charge in [0.25, 0.3) is 0 Å². The van der Waals surface area contributed by atoms with Crippen LogP contribution in [0.1, 0.15) is 37.8 Å². The van der Waals surface area contributed by atoms with Crippen molar-refractivity contribution < 1.29 is 18.6 Å². The summed E-state index contributed by atoms with van der Waals surface area (Å²) >= 11 is 8.63. The van der Waals surface area contributed by atoms with Gasteiger partial charge in [0.2, 0.25) is 0 Å². The van der Waals surface area contributed by atoms with E-state index in [0.717, 1.165) is 54.1 Å². The number of unbranched alkanes of at least 4 members (excludes halogenated alkanes) is 1. The van der Waals surface area contributed by atoms with E-state index in [1.54, 1.807) is 0 Å². The van der Waals surface area contributed by atoms with Crippen LogP contribution in [-0.2, 0) is 12.8 Å². The van der Waals surface area contributed by atoms with Crippen molar-refractivity contribution in [3.63, 3.8) is 0 Å². The predicted molar refractivity (Wildman–Crippen MR) is 120 cm³/mol. The Morgan fingerprint density at radius 1 is 0.931 bits per heavy atom. The summed E-state index contributed by atoms with van der Waals surface area (Å²) in [5, 5.41) is 0.701. The van der Waals surface area contributed by atoms with Gasteiger partial charge < -0.3 is 14.2 Å². The quantitative estimate of drug-likeness (QED) is 0.295. The van der Waals surface area contributed by atoms with Gasteiger partial charge in [0.1, 0.15) is 23.9 Å². The zero-order valence-electron chi connectivity index (χ0n) is 16.8. The molecule has 0 saturated heterocycles. The summed E-state index contributed by atoms with van der Waals surface area (Å²) in [7, 11) is 0. The maximum absolute atomic E-state index is 12.8. The first-order chi connectivity index (χ1) is 14.0. The van der Waals surface area contributed by atoms with Crippen molar-refractivity contribution in [1.82, 2.24) is 0 Å². The fourth-order valence-electron chi connectivity index (χ4n) is 2.82. The SMILES string of the molecule is CCc1cc(OCC=C(F)Br)cc(CC)c1OCCCCOc1ccc(Cl)cc1. The second-order valence-corrected chi connectivity index (χ2v) is 7.63. The van der Waals surface area contributed by atoms with E-state index >= 15 is 0 Å². The van der Waals surface area contributed by atoms with Crippen LogP contribution in [0.2, 0.25) is 5.02 Å². The predicted octanol–water partition coefficient (Wildman–Crippen LogP) is 7.29. The van der Waals surface area contributed by atoms with Crippen molar-refractivity contribution in [2.75, 3.05) is 19.8 Å². The maximum atomic E-state index is 12.8. The number of aryl methyl sites for hydroxylation is 2. The van der Waals surface area contributed by atoms with Crippen LogP contribution in [0, 0.1) is 0 Å². The largest absolute Gasteiger partial charge is 0.494 e. The Bertz CT molecular complexity index is 764. The molecule has 158 valence electrons. The Morgan fingerprint density at radius 3 is 2.07 bits per heavy atom. The highest BCUT2D eigenvalue weighted by Gasteiger charge is 2.11. The monoisotopic (exact) mass is 484 g/mol. The van der Waals surface area contributed by atoms with Gasteiger partial charge in [0.05, 0.1) is 13.2 Å². The second kappa shape index (κ2) is 12.8. The molecule has 0 aliphatic carbocycles. The number of rotatable bonds is 12. The molecule has 0 aliphatic heterocycles. The van der Waals surface area contributed by atoms with Crippen molar-refractivity contribution in [2.24, 2.45) is 0 Å². The lowest BCUT2D eigenvalue weighted by molar-refractivity contribution is 0.263. The van der Waals surface area contributed by atoms with Gasteiger partial charge in [0, 0.05) is 5.02 Å². The van der Waals surface area contributed by atoms with Crippen molar-refractivity contribution in [3.05, 3.63) is 63.4 Å². The molecule has 6 heteroatoms. The highest BCUT2D eigenvalue weighted by Crippen LogP contribution is 2.31. The van der Waals surface area contributed by atoms with Crippen LogP contribution in [0.25, 0.3) is 0 Å². The molecule has 0 atom stereocenters. The third-order valence-corrected chi connectivity index (χ3v) is 4.91. The molecule has 0 radical (unpaired) electrons. The third kappa shape index (κ3) is 8.27. The van der Waals surface area contributed by atoms with E-state index in [1.807, 2.05) is 36.4 Å². The molecule has 2 rings (SSSR count). The first kappa shape index (κ1) is 23.6. The van der Waals surface area contributed by atoms with Gasteiger partial charge >= 0.3 is 0 Å². The summed E-state index contributed by atoms with van der Waals surface area (Å²) in [6.45, 7) is 5.61. The highest BCUT2D eigenvalue weighted by molar-refractivity contribution is 9.11. The lowest BCUT2D eigenvalue weighted by atomic mass is 10.0. The van der Waals surface area contributed by atoms with Crippen LogP contribution in [-0.4, -0.2) is 19.8 Å². The smallest absolute Gasteiger partial charge is 0.165 e. The third-order valence-electron chi connectivity index (χ3n) is 4.33. The molecular weight excluding hydrogens is 459 g/mol. The molecule has 0 fully saturated rings. The van der Waals surface area contributed by atoms with E-state index in [-0.39, 0.29) is 6.61 Å². The lowest BCUT2D eigenvalue weighted by Gasteiger charge is -2.17. The van der Waals surface area contributed by atoms with Crippen LogP contribution < -0.4 is 14.2 Å². The highest BCUT2D eigenvalue weighted by atomic mass is 79.9. The fourth-order valence-corrected chi connectivity index (χ4v) is 3.07. The van der Waals surface area contributed by atoms with Gasteiger partial charge in [0.15, 0.2) is 4.74 Å². The molecule has 0 saturated carbocycles. The molecule has 0 heterocycles. The van der Waals surface area contributed by atoms with Crippen molar-refractivity contribution >= 4 is 27.5 Å². The standard InChI is InChI=1S/C23H27BrClFO3/c1-3-17-15-21(28-14-11-22(24)26)16-18(4-2)23(17)29-13-6-5-12-27-20-9-7-19(25)8-10-20/h7-11,15-16H,3-6,12-14H2,1-2H3. The number of ether oxygens (including phenoxy) is 3. The van der Waals surface area contributed by atoms with Gasteiger partial charge in [-0.1, -0.05) is 25.4 Å². The number of benzene rings is 2. The topological polar surface area (TPSA) is 27.7 Å². The molecule has 0 aromatic heterocycles. The van der Waals surface area contributed by atoms with Crippen LogP contribution in [0.15, 0.2) is 47.2 Å². The lowest BCUT2D eigenvalue weighted by Crippen LogP contribution is -2.06. The number of hydrogen-bond donors (Lipinski definition) is 0. The Kier molecular flexibility index (Phi) is 10.4. The Morgan fingerprint density at radius 2 is 1.52 bits per heavy atom. The Balaban J connectivity index is 1.85. The number of hydrogen-bond acceptors (Lipinski definition) is 3. The zero-order chi connectivity index (χ0) is 21.1. The molecule has 0 aliphatic rings. The van der Waals surface area contributed by atoms with E-state index in [9.17, 15) is 4.39 Å². The molecular formula is C23H27BrClFO3. The normalized spacial score (nSPS) is 11.4. The van der Waals surface area contributed by atoms with Crippen LogP contribution >= 0.6 is 27.5 Å². The van der Waals surface area contributed by atoms with E-state index in [2.05, 4.69) is 29.8 Å². The van der Waals surface area contributed by atoms with Gasteiger partial charge in [-0.25, -0.2) is 0 Å². The summed E-state index contributed by atoms with van der Waals surface area (Å²) in [5.41, 5.74) is 2.19. The molecule has 2 aromatic rings. The minimum Gasteiger partial charge on any atom is -0.494 e. The minimum absolute atomic E-state index is 0.178. The van der Waals surface area contributed by atoms with Crippen molar-refractivity contribution in [1.29, 1.82) is 0 Å². The van der Waals surface area contributed by atoms with E-state index in [1.165, 1.54) is 6.08 Å². The molecule has 2 aromatic carbocycles. The summed E-state index contributed by atoms with van der Waals surface area (Å²) in [5.74, 6) is 2.48. The average Bonchev–Trinajstić information content (AvgIpc) is 2.71. The van der Waals surface area contributed by atoms with E-state index in [0.29, 0.717) is 18.2 Å². The minimum atomic E-state index is -0.427. The molecule has 0 N–H and O–H groups in total. The first-order valence-corrected chi connectivity index (χ1v) is 11.0. The molecule has 0 bridgehead atoms. The summed E-state index contributed by atoms with van der Waals surface area (Å²) in [6, 6.07) is 11.3. The summed E-state index contributed by atoms with van der Waals surface area (Å²) in [6.07, 6.45) is 4.81. The number of halogens is 3. The molecule has 0 spiro atoms. The van der Waals surface area contributed by atoms with Gasteiger partial charge in [-0.2, -0.15) is 4.39 Å². The average molecular weight is 486 g/mol. The van der Waals surface area contributed by atoms with Crippen LogP contribution in [0.4, 0.5) is 4.39 Å². The molecule has 3 nitrogen and oxygen atoms in total. The van der Waals surface area contributed by atoms with E-state index in [4.69, 9.17) is 25.8 Å². The van der Waals surface area contributed by atoms with Crippen LogP contribution in [0.5, 0.6) is 17.2 Å². The van der Waals surface area contributed by atoms with Gasteiger partial charge in [-0.3, -0.25) is 0 Å². The van der Waals surface area contributed by atoms with E-state index < -0.39 is 4.74 Å². The second-order valence-electron chi connectivity index (χ2n) is 6.44. The van der Waals surface area contributed by atoms with Gasteiger partial charge in [-0.15, -0.1) is 0 Å². The van der Waals surface area contributed by atoms with Crippen LogP contribution in [0.3, 0.4) is 0 Å². The fraction of sp³-hybridized carbons (Fsp3) is 0.391. The first-order valence-electron chi connectivity index (χ1n) is 9.84. The Labute approximate surface area is 185 Å². The summed E-state index contributed by atoms with van der Waals surface area (Å²) in [4.78, 5) is 0. The van der Waals surface area contributed by atoms with Gasteiger partial charge in [-0.05, 0) is 95.2 Å². The van der Waals surface area contributed by atoms with Crippen molar-refractivity contribution in [2.45, 2.75) is 39.5 Å². The Hall–Kier alpha value is -1.72. The maximum Gasteiger partial charge on any atom is 0.165 e. The summed E-state index contributed by atoms with van der Waals surface area (Å²) < 4.78 is 29.8. The molecule has 0 amide bonds.